The largest absolute Gasteiger partial charge is 0.455 e. The minimum Gasteiger partial charge on any atom is -0.455 e. The highest BCUT2D eigenvalue weighted by molar-refractivity contribution is 5.93. The maximum Gasteiger partial charge on any atom is 0.418 e. The fourth-order valence-corrected chi connectivity index (χ4v) is 1.92. The molecule has 1 aliphatic carbocycles. The average Bonchev–Trinajstić information content (AvgIpc) is 3.12. The van der Waals surface area contributed by atoms with Crippen molar-refractivity contribution in [3.8, 4) is 0 Å². The number of nitrogens with one attached hydrogen (secondary N) is 1. The number of amides is 1. The summed E-state index contributed by atoms with van der Waals surface area (Å²) in [6.07, 6.45) is -3.85. The fraction of sp³-hybridized carbons (Fsp3) is 0.429. The third kappa shape index (κ3) is 3.96. The molecule has 0 saturated heterocycles. The van der Waals surface area contributed by atoms with Gasteiger partial charge in [0.25, 0.3) is 5.91 Å². The molecule has 2 rings (SSSR count). The van der Waals surface area contributed by atoms with E-state index in [2.05, 4.69) is 5.32 Å². The number of hydrogen-bond donors (Lipinski definition) is 1. The van der Waals surface area contributed by atoms with Gasteiger partial charge in [-0.05, 0) is 24.5 Å². The van der Waals surface area contributed by atoms with Crippen LogP contribution in [0.2, 0.25) is 0 Å². The van der Waals surface area contributed by atoms with Gasteiger partial charge in [-0.2, -0.15) is 13.2 Å². The Morgan fingerprint density at radius 2 is 1.95 bits per heavy atom. The van der Waals surface area contributed by atoms with Crippen molar-refractivity contribution in [1.82, 2.24) is 0 Å². The molecule has 0 aliphatic heterocycles. The third-order valence-electron chi connectivity index (χ3n) is 3.26. The van der Waals surface area contributed by atoms with Crippen LogP contribution in [0.4, 0.5) is 18.9 Å². The van der Waals surface area contributed by atoms with Crippen LogP contribution in [-0.4, -0.2) is 18.5 Å². The van der Waals surface area contributed by atoms with Crippen molar-refractivity contribution in [2.75, 3.05) is 11.9 Å². The van der Waals surface area contributed by atoms with Gasteiger partial charge in [0.1, 0.15) is 0 Å². The molecule has 1 amide bonds. The van der Waals surface area contributed by atoms with Gasteiger partial charge in [0.2, 0.25) is 0 Å². The summed E-state index contributed by atoms with van der Waals surface area (Å²) in [5, 5.41) is 2.11. The van der Waals surface area contributed by atoms with Crippen LogP contribution >= 0.6 is 0 Å². The van der Waals surface area contributed by atoms with E-state index in [-0.39, 0.29) is 17.5 Å². The van der Waals surface area contributed by atoms with Crippen molar-refractivity contribution in [2.24, 2.45) is 11.8 Å². The second kappa shape index (κ2) is 5.75. The van der Waals surface area contributed by atoms with Crippen LogP contribution in [0, 0.1) is 11.8 Å². The van der Waals surface area contributed by atoms with E-state index >= 15 is 0 Å². The third-order valence-corrected chi connectivity index (χ3v) is 3.26. The quantitative estimate of drug-likeness (QED) is 0.870. The standard InChI is InChI=1S/C14H14F3NO3/c1-8-6-9(8)13(20)21-7-12(19)18-11-5-3-2-4-10(11)14(15,16)17/h2-5,8-9H,6-7H2,1H3,(H,18,19)/t8-,9+/m1/s1. The number of hydrogen-bond acceptors (Lipinski definition) is 3. The number of para-hydroxylation sites is 1. The van der Waals surface area contributed by atoms with Gasteiger partial charge < -0.3 is 10.1 Å². The van der Waals surface area contributed by atoms with Crippen LogP contribution < -0.4 is 5.32 Å². The minimum atomic E-state index is -4.57. The Labute approximate surface area is 119 Å². The van der Waals surface area contributed by atoms with Crippen LogP contribution in [0.25, 0.3) is 0 Å². The summed E-state index contributed by atoms with van der Waals surface area (Å²) in [4.78, 5) is 23.0. The van der Waals surface area contributed by atoms with E-state index in [1.807, 2.05) is 6.92 Å². The van der Waals surface area contributed by atoms with Gasteiger partial charge in [-0.15, -0.1) is 0 Å². The summed E-state index contributed by atoms with van der Waals surface area (Å²) < 4.78 is 43.0. The minimum absolute atomic E-state index is 0.194. The predicted molar refractivity (Wildman–Crippen MR) is 68.3 cm³/mol. The van der Waals surface area contributed by atoms with E-state index in [1.165, 1.54) is 12.1 Å². The summed E-state index contributed by atoms with van der Waals surface area (Å²) in [7, 11) is 0. The normalized spacial score (nSPS) is 20.8. The lowest BCUT2D eigenvalue weighted by Crippen LogP contribution is -2.23. The first-order chi connectivity index (χ1) is 9.79. The summed E-state index contributed by atoms with van der Waals surface area (Å²) in [6.45, 7) is 1.29. The highest BCUT2D eigenvalue weighted by Crippen LogP contribution is 2.38. The van der Waals surface area contributed by atoms with Crippen molar-refractivity contribution in [3.05, 3.63) is 29.8 Å². The zero-order valence-corrected chi connectivity index (χ0v) is 11.2. The molecule has 0 aromatic heterocycles. The highest BCUT2D eigenvalue weighted by Gasteiger charge is 2.40. The molecule has 114 valence electrons. The van der Waals surface area contributed by atoms with Gasteiger partial charge in [0, 0.05) is 0 Å². The molecule has 1 aliphatic rings. The molecule has 0 bridgehead atoms. The van der Waals surface area contributed by atoms with Crippen LogP contribution in [0.1, 0.15) is 18.9 Å². The molecule has 0 heterocycles. The Morgan fingerprint density at radius 3 is 2.52 bits per heavy atom. The molecule has 4 nitrogen and oxygen atoms in total. The maximum absolute atomic E-state index is 12.7. The molecular formula is C14H14F3NO3. The number of rotatable bonds is 4. The molecular weight excluding hydrogens is 287 g/mol. The molecule has 7 heteroatoms. The summed E-state index contributed by atoms with van der Waals surface area (Å²) >= 11 is 0. The Kier molecular flexibility index (Phi) is 4.20. The molecule has 1 fully saturated rings. The SMILES string of the molecule is C[C@@H]1C[C@@H]1C(=O)OCC(=O)Nc1ccccc1C(F)(F)F. The van der Waals surface area contributed by atoms with Crippen LogP contribution in [-0.2, 0) is 20.5 Å². The van der Waals surface area contributed by atoms with Gasteiger partial charge in [-0.1, -0.05) is 19.1 Å². The van der Waals surface area contributed by atoms with E-state index in [0.717, 1.165) is 18.6 Å². The number of anilines is 1. The molecule has 2 atom stereocenters. The van der Waals surface area contributed by atoms with Crippen molar-refractivity contribution in [1.29, 1.82) is 0 Å². The Morgan fingerprint density at radius 1 is 1.33 bits per heavy atom. The smallest absolute Gasteiger partial charge is 0.418 e. The van der Waals surface area contributed by atoms with Gasteiger partial charge in [0.05, 0.1) is 17.2 Å². The molecule has 1 N–H and O–H groups in total. The number of benzene rings is 1. The summed E-state index contributed by atoms with van der Waals surface area (Å²) in [5.41, 5.74) is -1.30. The van der Waals surface area contributed by atoms with Gasteiger partial charge in [-0.3, -0.25) is 9.59 Å². The fourth-order valence-electron chi connectivity index (χ4n) is 1.92. The first-order valence-corrected chi connectivity index (χ1v) is 6.41. The lowest BCUT2D eigenvalue weighted by Gasteiger charge is -2.13. The zero-order chi connectivity index (χ0) is 15.6. The first kappa shape index (κ1) is 15.3. The number of ether oxygens (including phenoxy) is 1. The molecule has 21 heavy (non-hydrogen) atoms. The molecule has 1 saturated carbocycles. The van der Waals surface area contributed by atoms with Gasteiger partial charge in [0.15, 0.2) is 6.61 Å². The molecule has 0 spiro atoms. The van der Waals surface area contributed by atoms with Gasteiger partial charge in [-0.25, -0.2) is 0 Å². The maximum atomic E-state index is 12.7. The summed E-state index contributed by atoms with van der Waals surface area (Å²) in [5.74, 6) is -1.23. The lowest BCUT2D eigenvalue weighted by atomic mass is 10.1. The van der Waals surface area contributed by atoms with Crippen LogP contribution in [0.5, 0.6) is 0 Å². The molecule has 1 aromatic rings. The number of alkyl halides is 3. The van der Waals surface area contributed by atoms with Gasteiger partial charge >= 0.3 is 12.1 Å². The Hall–Kier alpha value is -2.05. The van der Waals surface area contributed by atoms with E-state index in [9.17, 15) is 22.8 Å². The number of halogens is 3. The Balaban J connectivity index is 1.92. The zero-order valence-electron chi connectivity index (χ0n) is 11.2. The van der Waals surface area contributed by atoms with Crippen molar-refractivity contribution in [3.63, 3.8) is 0 Å². The predicted octanol–water partition coefficient (Wildman–Crippen LogP) is 2.84. The monoisotopic (exact) mass is 301 g/mol. The number of carbonyl (C=O) groups excluding carboxylic acids is 2. The van der Waals surface area contributed by atoms with E-state index in [1.54, 1.807) is 0 Å². The van der Waals surface area contributed by atoms with E-state index < -0.39 is 30.2 Å². The average molecular weight is 301 g/mol. The lowest BCUT2D eigenvalue weighted by molar-refractivity contribution is -0.149. The molecule has 0 unspecified atom stereocenters. The summed E-state index contributed by atoms with van der Waals surface area (Å²) in [6, 6.07) is 4.62. The molecule has 0 radical (unpaired) electrons. The van der Waals surface area contributed by atoms with Crippen LogP contribution in [0.3, 0.4) is 0 Å². The van der Waals surface area contributed by atoms with E-state index in [0.29, 0.717) is 0 Å². The molecule has 1 aromatic carbocycles. The van der Waals surface area contributed by atoms with Crippen molar-refractivity contribution in [2.45, 2.75) is 19.5 Å². The second-order valence-electron chi connectivity index (χ2n) is 5.02. The second-order valence-corrected chi connectivity index (χ2v) is 5.02. The Bertz CT molecular complexity index is 557. The van der Waals surface area contributed by atoms with Crippen molar-refractivity contribution < 1.29 is 27.5 Å². The van der Waals surface area contributed by atoms with Crippen LogP contribution in [0.15, 0.2) is 24.3 Å². The highest BCUT2D eigenvalue weighted by atomic mass is 19.4. The topological polar surface area (TPSA) is 55.4 Å². The van der Waals surface area contributed by atoms with Crippen molar-refractivity contribution >= 4 is 17.6 Å². The first-order valence-electron chi connectivity index (χ1n) is 6.41. The number of esters is 1. The van der Waals surface area contributed by atoms with E-state index in [4.69, 9.17) is 4.74 Å². The number of carbonyl (C=O) groups is 2.